The molecule has 3 rings (SSSR count). The van der Waals surface area contributed by atoms with Gasteiger partial charge >= 0.3 is 0 Å². The lowest BCUT2D eigenvalue weighted by atomic mass is 9.98. The van der Waals surface area contributed by atoms with Crippen LogP contribution in [0.2, 0.25) is 0 Å². The van der Waals surface area contributed by atoms with E-state index in [1.165, 1.54) is 4.31 Å². The van der Waals surface area contributed by atoms with Crippen LogP contribution in [0.25, 0.3) is 11.0 Å². The van der Waals surface area contributed by atoms with Crippen LogP contribution in [0.3, 0.4) is 0 Å². The van der Waals surface area contributed by atoms with Crippen molar-refractivity contribution in [3.63, 3.8) is 0 Å². The predicted molar refractivity (Wildman–Crippen MR) is 96.4 cm³/mol. The summed E-state index contributed by atoms with van der Waals surface area (Å²) in [5.41, 5.74) is 1.77. The second-order valence-corrected chi connectivity index (χ2v) is 8.66. The quantitative estimate of drug-likeness (QED) is 0.817. The SMILES string of the molecule is CCC(C)C(NC(=O)CN1CCCS1(=O)=O)c1nc2ccccc2[nH]1. The Kier molecular flexibility index (Phi) is 5.10. The number of para-hydroxylation sites is 2. The minimum Gasteiger partial charge on any atom is -0.345 e. The van der Waals surface area contributed by atoms with E-state index in [2.05, 4.69) is 22.2 Å². The fourth-order valence-corrected chi connectivity index (χ4v) is 4.56. The Balaban J connectivity index is 1.78. The van der Waals surface area contributed by atoms with Crippen molar-refractivity contribution in [2.45, 2.75) is 32.7 Å². The molecular weight excluding hydrogens is 340 g/mol. The molecule has 1 aliphatic rings. The smallest absolute Gasteiger partial charge is 0.235 e. The van der Waals surface area contributed by atoms with E-state index in [0.717, 1.165) is 17.5 Å². The third-order valence-electron chi connectivity index (χ3n) is 4.75. The van der Waals surface area contributed by atoms with Crippen LogP contribution in [0.4, 0.5) is 0 Å². The van der Waals surface area contributed by atoms with Gasteiger partial charge < -0.3 is 10.3 Å². The number of H-pyrrole nitrogens is 1. The van der Waals surface area contributed by atoms with E-state index in [-0.39, 0.29) is 30.2 Å². The Labute approximate surface area is 147 Å². The summed E-state index contributed by atoms with van der Waals surface area (Å²) >= 11 is 0. The molecular formula is C17H24N4O3S. The summed E-state index contributed by atoms with van der Waals surface area (Å²) in [5.74, 6) is 0.697. The van der Waals surface area contributed by atoms with Gasteiger partial charge in [-0.3, -0.25) is 4.79 Å². The molecule has 0 radical (unpaired) electrons. The highest BCUT2D eigenvalue weighted by Gasteiger charge is 2.31. The van der Waals surface area contributed by atoms with Gasteiger partial charge in [0, 0.05) is 6.54 Å². The van der Waals surface area contributed by atoms with Gasteiger partial charge in [-0.15, -0.1) is 0 Å². The first kappa shape index (κ1) is 17.9. The van der Waals surface area contributed by atoms with Crippen molar-refractivity contribution in [2.24, 2.45) is 5.92 Å². The van der Waals surface area contributed by atoms with E-state index in [9.17, 15) is 13.2 Å². The number of amides is 1. The number of carbonyl (C=O) groups is 1. The summed E-state index contributed by atoms with van der Waals surface area (Å²) in [4.78, 5) is 20.3. The first-order valence-electron chi connectivity index (χ1n) is 8.62. The summed E-state index contributed by atoms with van der Waals surface area (Å²) < 4.78 is 25.0. The molecule has 1 amide bonds. The molecule has 1 saturated heterocycles. The number of aromatic nitrogens is 2. The van der Waals surface area contributed by atoms with Gasteiger partial charge in [-0.2, -0.15) is 4.31 Å². The minimum absolute atomic E-state index is 0.124. The van der Waals surface area contributed by atoms with E-state index >= 15 is 0 Å². The van der Waals surface area contributed by atoms with E-state index in [1.807, 2.05) is 31.2 Å². The second-order valence-electron chi connectivity index (χ2n) is 6.57. The first-order valence-corrected chi connectivity index (χ1v) is 10.2. The standard InChI is InChI=1S/C17H24N4O3S/c1-3-12(2)16(17-18-13-7-4-5-8-14(13)19-17)20-15(22)11-21-9-6-10-25(21,23)24/h4-5,7-8,12,16H,3,6,9-11H2,1-2H3,(H,18,19)(H,20,22). The Hall–Kier alpha value is -1.93. The lowest BCUT2D eigenvalue weighted by molar-refractivity contribution is -0.122. The van der Waals surface area contributed by atoms with E-state index in [1.54, 1.807) is 0 Å². The summed E-state index contributed by atoms with van der Waals surface area (Å²) in [6.07, 6.45) is 1.44. The number of nitrogens with zero attached hydrogens (tertiary/aromatic N) is 2. The van der Waals surface area contributed by atoms with Gasteiger partial charge in [0.1, 0.15) is 5.82 Å². The van der Waals surface area contributed by atoms with Crippen LogP contribution in [-0.2, 0) is 14.8 Å². The van der Waals surface area contributed by atoms with Crippen molar-refractivity contribution in [3.8, 4) is 0 Å². The molecule has 2 N–H and O–H groups in total. The van der Waals surface area contributed by atoms with Crippen molar-refractivity contribution >= 4 is 27.0 Å². The van der Waals surface area contributed by atoms with Crippen molar-refractivity contribution < 1.29 is 13.2 Å². The van der Waals surface area contributed by atoms with E-state index in [0.29, 0.717) is 18.8 Å². The van der Waals surface area contributed by atoms with Gasteiger partial charge in [0.25, 0.3) is 0 Å². The van der Waals surface area contributed by atoms with Crippen LogP contribution in [-0.4, -0.2) is 47.4 Å². The van der Waals surface area contributed by atoms with Gasteiger partial charge in [0.2, 0.25) is 15.9 Å². The number of hydrogen-bond donors (Lipinski definition) is 2. The van der Waals surface area contributed by atoms with Crippen LogP contribution >= 0.6 is 0 Å². The number of sulfonamides is 1. The van der Waals surface area contributed by atoms with Gasteiger partial charge in [-0.1, -0.05) is 32.4 Å². The highest BCUT2D eigenvalue weighted by atomic mass is 32.2. The van der Waals surface area contributed by atoms with E-state index in [4.69, 9.17) is 0 Å². The molecule has 0 bridgehead atoms. The number of rotatable bonds is 6. The number of fused-ring (bicyclic) bond motifs is 1. The maximum Gasteiger partial charge on any atom is 0.235 e. The average Bonchev–Trinajstić information content (AvgIpc) is 3.15. The molecule has 1 fully saturated rings. The molecule has 1 aliphatic heterocycles. The fourth-order valence-electron chi connectivity index (χ4n) is 3.08. The van der Waals surface area contributed by atoms with Crippen molar-refractivity contribution in [1.29, 1.82) is 0 Å². The molecule has 0 aliphatic carbocycles. The predicted octanol–water partition coefficient (Wildman–Crippen LogP) is 1.80. The number of aromatic amines is 1. The van der Waals surface area contributed by atoms with Crippen molar-refractivity contribution in [3.05, 3.63) is 30.1 Å². The number of imidazole rings is 1. The monoisotopic (exact) mass is 364 g/mol. The highest BCUT2D eigenvalue weighted by molar-refractivity contribution is 7.89. The minimum atomic E-state index is -3.28. The molecule has 0 saturated carbocycles. The van der Waals surface area contributed by atoms with Crippen molar-refractivity contribution in [2.75, 3.05) is 18.8 Å². The number of carbonyl (C=O) groups excluding carboxylic acids is 1. The molecule has 136 valence electrons. The molecule has 1 aromatic carbocycles. The Bertz CT molecular complexity index is 829. The Morgan fingerprint density at radius 1 is 1.40 bits per heavy atom. The number of nitrogens with one attached hydrogen (secondary N) is 2. The number of benzene rings is 1. The molecule has 8 heteroatoms. The maximum absolute atomic E-state index is 12.4. The van der Waals surface area contributed by atoms with Crippen LogP contribution in [0.15, 0.2) is 24.3 Å². The summed E-state index contributed by atoms with van der Waals surface area (Å²) in [6, 6.07) is 7.43. The molecule has 2 atom stereocenters. The molecule has 2 heterocycles. The normalized spacial score (nSPS) is 19.8. The highest BCUT2D eigenvalue weighted by Crippen LogP contribution is 2.24. The number of hydrogen-bond acceptors (Lipinski definition) is 4. The zero-order valence-corrected chi connectivity index (χ0v) is 15.3. The lowest BCUT2D eigenvalue weighted by Crippen LogP contribution is -2.41. The molecule has 0 spiro atoms. The second kappa shape index (κ2) is 7.13. The Morgan fingerprint density at radius 2 is 2.16 bits per heavy atom. The molecule has 25 heavy (non-hydrogen) atoms. The zero-order valence-electron chi connectivity index (χ0n) is 14.5. The topological polar surface area (TPSA) is 95.2 Å². The van der Waals surface area contributed by atoms with E-state index < -0.39 is 10.0 Å². The van der Waals surface area contributed by atoms with Crippen LogP contribution in [0, 0.1) is 5.92 Å². The molecule has 2 unspecified atom stereocenters. The van der Waals surface area contributed by atoms with Crippen molar-refractivity contribution in [1.82, 2.24) is 19.6 Å². The third kappa shape index (κ3) is 3.85. The van der Waals surface area contributed by atoms with Crippen LogP contribution < -0.4 is 5.32 Å². The fraction of sp³-hybridized carbons (Fsp3) is 0.529. The van der Waals surface area contributed by atoms with Gasteiger partial charge in [0.15, 0.2) is 0 Å². The summed E-state index contributed by atoms with van der Waals surface area (Å²) in [6.45, 7) is 4.38. The Morgan fingerprint density at radius 3 is 2.80 bits per heavy atom. The molecule has 1 aromatic heterocycles. The summed E-state index contributed by atoms with van der Waals surface area (Å²) in [5, 5.41) is 2.97. The largest absolute Gasteiger partial charge is 0.345 e. The average molecular weight is 364 g/mol. The van der Waals surface area contributed by atoms with Crippen LogP contribution in [0.5, 0.6) is 0 Å². The first-order chi connectivity index (χ1) is 11.9. The maximum atomic E-state index is 12.4. The molecule has 7 nitrogen and oxygen atoms in total. The molecule has 2 aromatic rings. The van der Waals surface area contributed by atoms with Gasteiger partial charge in [-0.05, 0) is 24.5 Å². The lowest BCUT2D eigenvalue weighted by Gasteiger charge is -2.23. The zero-order chi connectivity index (χ0) is 18.0. The van der Waals surface area contributed by atoms with Crippen LogP contribution in [0.1, 0.15) is 38.6 Å². The van der Waals surface area contributed by atoms with Gasteiger partial charge in [-0.25, -0.2) is 13.4 Å². The van der Waals surface area contributed by atoms with Gasteiger partial charge in [0.05, 0.1) is 29.4 Å². The summed E-state index contributed by atoms with van der Waals surface area (Å²) in [7, 11) is -3.28. The third-order valence-corrected chi connectivity index (χ3v) is 6.66.